The minimum atomic E-state index is -3.56. The normalized spacial score (nSPS) is 11.3. The molecule has 0 aromatic heterocycles. The van der Waals surface area contributed by atoms with E-state index >= 15 is 26.3 Å². The van der Waals surface area contributed by atoms with Gasteiger partial charge < -0.3 is 0 Å². The van der Waals surface area contributed by atoms with Crippen molar-refractivity contribution < 1.29 is 52.7 Å². The maximum absolute atomic E-state index is 15.0. The van der Waals surface area contributed by atoms with Gasteiger partial charge in [0.15, 0.2) is 69.8 Å². The average Bonchev–Trinajstić information content (AvgIpc) is 2.86. The molecule has 0 bridgehead atoms. The van der Waals surface area contributed by atoms with Gasteiger partial charge in [0.25, 0.3) is 0 Å². The summed E-state index contributed by atoms with van der Waals surface area (Å²) in [5.74, 6) is -32.9. The Kier molecular flexibility index (Phi) is 7.34. The zero-order valence-corrected chi connectivity index (χ0v) is 18.0. The van der Waals surface area contributed by atoms with E-state index in [1.807, 2.05) is 0 Å². The topological polar surface area (TPSA) is 0 Å². The lowest BCUT2D eigenvalue weighted by molar-refractivity contribution is 0.399. The first-order valence-corrected chi connectivity index (χ1v) is 9.72. The molecule has 0 nitrogen and oxygen atoms in total. The van der Waals surface area contributed by atoms with E-state index < -0.39 is 109 Å². The highest BCUT2D eigenvalue weighted by atomic mass is 19.2. The Morgan fingerprint density at radius 3 is 0.622 bits per heavy atom. The van der Waals surface area contributed by atoms with Crippen LogP contribution in [-0.4, -0.2) is 0 Å². The van der Waals surface area contributed by atoms with Crippen molar-refractivity contribution in [2.24, 2.45) is 0 Å². The van der Waals surface area contributed by atoms with Crippen LogP contribution < -0.4 is 0 Å². The third kappa shape index (κ3) is 3.91. The summed E-state index contributed by atoms with van der Waals surface area (Å²) in [6, 6.07) is 0. The van der Waals surface area contributed by atoms with Gasteiger partial charge in [-0.25, -0.2) is 52.7 Å². The standard InChI is InChI=1S/C25H10F12/c1-4-7-14(26)20(32)11(21(33)15(7)27)10(12-22(34)16(28)8(5-2)17(29)23(12)35)13-24(36)18(30)9(6-3)19(31)25(13)37/h4-6,10H,1-3H2. The molecule has 3 rings (SSSR count). The Morgan fingerprint density at radius 2 is 0.486 bits per heavy atom. The second-order valence-electron chi connectivity index (χ2n) is 7.30. The van der Waals surface area contributed by atoms with Crippen LogP contribution in [0.4, 0.5) is 52.7 Å². The van der Waals surface area contributed by atoms with Gasteiger partial charge in [0.05, 0.1) is 22.6 Å². The fourth-order valence-corrected chi connectivity index (χ4v) is 3.73. The van der Waals surface area contributed by atoms with E-state index in [4.69, 9.17) is 0 Å². The number of benzene rings is 3. The third-order valence-electron chi connectivity index (χ3n) is 5.47. The predicted octanol–water partition coefficient (Wildman–Crippen LogP) is 8.47. The Hall–Kier alpha value is -3.96. The van der Waals surface area contributed by atoms with E-state index in [1.54, 1.807) is 0 Å². The third-order valence-corrected chi connectivity index (χ3v) is 5.47. The monoisotopic (exact) mass is 538 g/mol. The summed E-state index contributed by atoms with van der Waals surface area (Å²) >= 11 is 0. The molecule has 3 aromatic carbocycles. The lowest BCUT2D eigenvalue weighted by Gasteiger charge is -2.24. The zero-order chi connectivity index (χ0) is 28.1. The van der Waals surface area contributed by atoms with Gasteiger partial charge in [0.2, 0.25) is 0 Å². The molecule has 0 spiro atoms. The lowest BCUT2D eigenvalue weighted by Crippen LogP contribution is -2.21. The molecule has 0 aliphatic heterocycles. The highest BCUT2D eigenvalue weighted by Crippen LogP contribution is 2.45. The lowest BCUT2D eigenvalue weighted by atomic mass is 9.81. The first kappa shape index (κ1) is 27.6. The number of hydrogen-bond donors (Lipinski definition) is 0. The molecule has 0 saturated heterocycles. The van der Waals surface area contributed by atoms with Crippen molar-refractivity contribution in [3.05, 3.63) is 123 Å². The Bertz CT molecular complexity index is 1240. The van der Waals surface area contributed by atoms with Gasteiger partial charge in [-0.3, -0.25) is 0 Å². The van der Waals surface area contributed by atoms with Crippen LogP contribution in [0, 0.1) is 69.8 Å². The molecule has 0 aliphatic carbocycles. The first-order chi connectivity index (χ1) is 17.3. The van der Waals surface area contributed by atoms with E-state index in [0.29, 0.717) is 0 Å². The molecule has 0 fully saturated rings. The van der Waals surface area contributed by atoms with E-state index in [0.717, 1.165) is 0 Å². The highest BCUT2D eigenvalue weighted by molar-refractivity contribution is 5.59. The van der Waals surface area contributed by atoms with Crippen molar-refractivity contribution >= 4 is 18.2 Å². The van der Waals surface area contributed by atoms with Crippen molar-refractivity contribution in [1.82, 2.24) is 0 Å². The zero-order valence-electron chi connectivity index (χ0n) is 18.0. The van der Waals surface area contributed by atoms with Crippen LogP contribution in [0.3, 0.4) is 0 Å². The molecular formula is C25H10F12. The van der Waals surface area contributed by atoms with E-state index in [9.17, 15) is 26.3 Å². The molecule has 0 radical (unpaired) electrons. The molecule has 12 heteroatoms. The van der Waals surface area contributed by atoms with Gasteiger partial charge in [-0.15, -0.1) is 0 Å². The van der Waals surface area contributed by atoms with Gasteiger partial charge in [-0.05, 0) is 0 Å². The molecule has 37 heavy (non-hydrogen) atoms. The predicted molar refractivity (Wildman–Crippen MR) is 110 cm³/mol. The van der Waals surface area contributed by atoms with Gasteiger partial charge in [-0.2, -0.15) is 0 Å². The number of rotatable bonds is 6. The van der Waals surface area contributed by atoms with Crippen molar-refractivity contribution in [2.75, 3.05) is 0 Å². The second-order valence-corrected chi connectivity index (χ2v) is 7.30. The van der Waals surface area contributed by atoms with Crippen LogP contribution in [0.1, 0.15) is 39.3 Å². The van der Waals surface area contributed by atoms with Crippen LogP contribution in [0.25, 0.3) is 18.2 Å². The fourth-order valence-electron chi connectivity index (χ4n) is 3.73. The Labute approximate surface area is 200 Å². The van der Waals surface area contributed by atoms with Crippen LogP contribution in [-0.2, 0) is 0 Å². The minimum absolute atomic E-state index is 0.258. The van der Waals surface area contributed by atoms with Crippen LogP contribution in [0.5, 0.6) is 0 Å². The number of halogens is 12. The van der Waals surface area contributed by atoms with Gasteiger partial charge in [-0.1, -0.05) is 38.0 Å². The quantitative estimate of drug-likeness (QED) is 0.168. The summed E-state index contributed by atoms with van der Waals surface area (Å²) in [6.45, 7) is 8.69. The largest absolute Gasteiger partial charge is 0.203 e. The molecule has 194 valence electrons. The molecule has 0 atom stereocenters. The SMILES string of the molecule is C=Cc1c(F)c(F)c(C(c2c(F)c(F)c(C=C)c(F)c2F)c2c(F)c(F)c(C=C)c(F)c2F)c(F)c1F. The number of hydrogen-bond acceptors (Lipinski definition) is 0. The summed E-state index contributed by atoms with van der Waals surface area (Å²) in [7, 11) is 0. The van der Waals surface area contributed by atoms with Crippen LogP contribution >= 0.6 is 0 Å². The molecule has 0 aliphatic rings. The first-order valence-electron chi connectivity index (χ1n) is 9.72. The van der Waals surface area contributed by atoms with Gasteiger partial charge in [0, 0.05) is 16.7 Å². The smallest absolute Gasteiger partial charge is 0.169 e. The fraction of sp³-hybridized carbons (Fsp3) is 0.0400. The molecule has 0 saturated carbocycles. The van der Waals surface area contributed by atoms with Crippen molar-refractivity contribution in [1.29, 1.82) is 0 Å². The van der Waals surface area contributed by atoms with Crippen molar-refractivity contribution in [3.63, 3.8) is 0 Å². The van der Waals surface area contributed by atoms with Crippen LogP contribution in [0.2, 0.25) is 0 Å². The Morgan fingerprint density at radius 1 is 0.324 bits per heavy atom. The van der Waals surface area contributed by atoms with E-state index in [2.05, 4.69) is 19.7 Å². The summed E-state index contributed by atoms with van der Waals surface area (Å²) < 4.78 is 177. The van der Waals surface area contributed by atoms with E-state index in [-0.39, 0.29) is 18.2 Å². The minimum Gasteiger partial charge on any atom is -0.203 e. The average molecular weight is 538 g/mol. The highest BCUT2D eigenvalue weighted by Gasteiger charge is 2.41. The molecule has 3 aromatic rings. The summed E-state index contributed by atoms with van der Waals surface area (Å²) in [5, 5.41) is 0. The second kappa shape index (κ2) is 9.83. The van der Waals surface area contributed by atoms with Gasteiger partial charge in [0.1, 0.15) is 0 Å². The molecule has 0 amide bonds. The van der Waals surface area contributed by atoms with Crippen molar-refractivity contribution in [3.8, 4) is 0 Å². The molecular weight excluding hydrogens is 528 g/mol. The molecule has 0 unspecified atom stereocenters. The van der Waals surface area contributed by atoms with Gasteiger partial charge >= 0.3 is 0 Å². The summed E-state index contributed by atoms with van der Waals surface area (Å²) in [5.41, 5.74) is -11.3. The Balaban J connectivity index is 2.71. The van der Waals surface area contributed by atoms with Crippen molar-refractivity contribution in [2.45, 2.75) is 5.92 Å². The van der Waals surface area contributed by atoms with Crippen LogP contribution in [0.15, 0.2) is 19.7 Å². The van der Waals surface area contributed by atoms with E-state index in [1.165, 1.54) is 0 Å². The summed E-state index contributed by atoms with van der Waals surface area (Å²) in [6.07, 6.45) is 0.775. The maximum atomic E-state index is 15.0. The maximum Gasteiger partial charge on any atom is 0.169 e. The summed E-state index contributed by atoms with van der Waals surface area (Å²) in [4.78, 5) is 0. The molecule has 0 N–H and O–H groups in total. The molecule has 0 heterocycles.